The van der Waals surface area contributed by atoms with E-state index in [0.717, 1.165) is 29.2 Å². The van der Waals surface area contributed by atoms with Crippen LogP contribution >= 0.6 is 15.9 Å². The molecule has 0 spiro atoms. The van der Waals surface area contributed by atoms with E-state index in [1.165, 1.54) is 79.6 Å². The molecule has 0 saturated heterocycles. The van der Waals surface area contributed by atoms with Crippen LogP contribution < -0.4 is 4.90 Å². The molecule has 0 aliphatic heterocycles. The summed E-state index contributed by atoms with van der Waals surface area (Å²) in [6.07, 6.45) is 13.0. The first kappa shape index (κ1) is 28.5. The fraction of sp³-hybridized carbons (Fsp3) is 0.471. The summed E-state index contributed by atoms with van der Waals surface area (Å²) in [5.74, 6) is 1.48. The Morgan fingerprint density at radius 2 is 0.917 bits per heavy atom. The SMILES string of the molecule is CCCCCC(C)Cc1ccc(N(c2ccc(Br)cc2)c2ccc(CC(C)CCCCC)cc2)cc1. The number of nitrogens with zero attached hydrogens (tertiary/aromatic N) is 1. The molecule has 0 bridgehead atoms. The normalized spacial score (nSPS) is 12.9. The van der Waals surface area contributed by atoms with E-state index in [1.807, 2.05) is 0 Å². The molecule has 3 rings (SSSR count). The fourth-order valence-electron chi connectivity index (χ4n) is 5.09. The Morgan fingerprint density at radius 1 is 0.556 bits per heavy atom. The molecule has 0 heterocycles. The van der Waals surface area contributed by atoms with Gasteiger partial charge in [0.1, 0.15) is 0 Å². The van der Waals surface area contributed by atoms with Gasteiger partial charge in [-0.05, 0) is 84.3 Å². The molecule has 0 fully saturated rings. The summed E-state index contributed by atoms with van der Waals surface area (Å²) in [5.41, 5.74) is 6.47. The molecule has 0 aliphatic rings. The average Bonchev–Trinajstić information content (AvgIpc) is 2.88. The number of rotatable bonds is 15. The van der Waals surface area contributed by atoms with Gasteiger partial charge in [0.15, 0.2) is 0 Å². The lowest BCUT2D eigenvalue weighted by molar-refractivity contribution is 0.493. The van der Waals surface area contributed by atoms with E-state index < -0.39 is 0 Å². The van der Waals surface area contributed by atoms with Gasteiger partial charge in [-0.3, -0.25) is 0 Å². The average molecular weight is 549 g/mol. The third kappa shape index (κ3) is 9.11. The van der Waals surface area contributed by atoms with E-state index >= 15 is 0 Å². The van der Waals surface area contributed by atoms with Crippen LogP contribution in [0.3, 0.4) is 0 Å². The molecule has 0 N–H and O–H groups in total. The van der Waals surface area contributed by atoms with Crippen molar-refractivity contribution in [1.29, 1.82) is 0 Å². The highest BCUT2D eigenvalue weighted by atomic mass is 79.9. The Kier molecular flexibility index (Phi) is 12.1. The minimum absolute atomic E-state index is 0.738. The molecule has 3 aromatic carbocycles. The van der Waals surface area contributed by atoms with Gasteiger partial charge in [0, 0.05) is 21.5 Å². The maximum absolute atomic E-state index is 3.60. The van der Waals surface area contributed by atoms with Crippen molar-refractivity contribution in [2.45, 2.75) is 91.9 Å². The number of benzene rings is 3. The van der Waals surface area contributed by atoms with E-state index in [2.05, 4.69) is 121 Å². The Hall–Kier alpha value is -2.06. The Labute approximate surface area is 229 Å². The first-order valence-corrected chi connectivity index (χ1v) is 15.0. The van der Waals surface area contributed by atoms with E-state index in [4.69, 9.17) is 0 Å². The topological polar surface area (TPSA) is 3.24 Å². The molecule has 0 aliphatic carbocycles. The fourth-order valence-corrected chi connectivity index (χ4v) is 5.36. The van der Waals surface area contributed by atoms with Gasteiger partial charge < -0.3 is 4.90 Å². The molecule has 0 amide bonds. The van der Waals surface area contributed by atoms with E-state index in [1.54, 1.807) is 0 Å². The molecule has 194 valence electrons. The maximum atomic E-state index is 3.60. The van der Waals surface area contributed by atoms with Crippen LogP contribution in [0.15, 0.2) is 77.3 Å². The lowest BCUT2D eigenvalue weighted by Gasteiger charge is -2.26. The van der Waals surface area contributed by atoms with Gasteiger partial charge >= 0.3 is 0 Å². The van der Waals surface area contributed by atoms with Crippen molar-refractivity contribution >= 4 is 33.0 Å². The zero-order chi connectivity index (χ0) is 25.8. The number of hydrogen-bond acceptors (Lipinski definition) is 1. The molecular weight excluding hydrogens is 502 g/mol. The van der Waals surface area contributed by atoms with Crippen LogP contribution in [0.4, 0.5) is 17.1 Å². The Morgan fingerprint density at radius 3 is 1.28 bits per heavy atom. The summed E-state index contributed by atoms with van der Waals surface area (Å²) < 4.78 is 1.10. The molecule has 0 aromatic heterocycles. The third-order valence-corrected chi connectivity index (χ3v) is 7.77. The Balaban J connectivity index is 1.76. The molecule has 1 nitrogen and oxygen atoms in total. The number of unbranched alkanes of at least 4 members (excludes halogenated alkanes) is 4. The smallest absolute Gasteiger partial charge is 0.0462 e. The first-order valence-electron chi connectivity index (χ1n) is 14.2. The standard InChI is InChI=1S/C34H46BrN/c1-5-7-9-11-27(3)25-29-13-19-32(20-14-29)36(34-23-17-31(35)18-24-34)33-21-15-30(16-22-33)26-28(4)12-10-8-6-2/h13-24,27-28H,5-12,25-26H2,1-4H3. The lowest BCUT2D eigenvalue weighted by atomic mass is 9.95. The first-order chi connectivity index (χ1) is 17.5. The predicted molar refractivity (Wildman–Crippen MR) is 163 cm³/mol. The second-order valence-electron chi connectivity index (χ2n) is 10.8. The molecule has 2 atom stereocenters. The lowest BCUT2D eigenvalue weighted by Crippen LogP contribution is -2.10. The van der Waals surface area contributed by atoms with Crippen molar-refractivity contribution in [3.05, 3.63) is 88.4 Å². The van der Waals surface area contributed by atoms with Gasteiger partial charge in [-0.25, -0.2) is 0 Å². The quantitative estimate of drug-likeness (QED) is 0.171. The summed E-state index contributed by atoms with van der Waals surface area (Å²) in [7, 11) is 0. The Bertz CT molecular complexity index is 929. The summed E-state index contributed by atoms with van der Waals surface area (Å²) in [4.78, 5) is 2.37. The van der Waals surface area contributed by atoms with Gasteiger partial charge in [0.05, 0.1) is 0 Å². The van der Waals surface area contributed by atoms with Crippen molar-refractivity contribution in [3.63, 3.8) is 0 Å². The molecular formula is C34H46BrN. The van der Waals surface area contributed by atoms with Crippen LogP contribution in [0.5, 0.6) is 0 Å². The summed E-state index contributed by atoms with van der Waals surface area (Å²) in [6.45, 7) is 9.35. The van der Waals surface area contributed by atoms with Gasteiger partial charge in [0.25, 0.3) is 0 Å². The largest absolute Gasteiger partial charge is 0.311 e. The zero-order valence-electron chi connectivity index (χ0n) is 23.0. The van der Waals surface area contributed by atoms with Crippen LogP contribution in [0.2, 0.25) is 0 Å². The molecule has 2 unspecified atom stereocenters. The minimum atomic E-state index is 0.738. The molecule has 2 heteroatoms. The van der Waals surface area contributed by atoms with Crippen molar-refractivity contribution in [2.75, 3.05) is 4.90 Å². The van der Waals surface area contributed by atoms with Crippen molar-refractivity contribution in [1.82, 2.24) is 0 Å². The van der Waals surface area contributed by atoms with E-state index in [0.29, 0.717) is 0 Å². The molecule has 0 radical (unpaired) electrons. The van der Waals surface area contributed by atoms with Crippen LogP contribution in [-0.2, 0) is 12.8 Å². The number of halogens is 1. The summed E-state index contributed by atoms with van der Waals surface area (Å²) >= 11 is 3.60. The van der Waals surface area contributed by atoms with Crippen LogP contribution in [0, 0.1) is 11.8 Å². The van der Waals surface area contributed by atoms with Gasteiger partial charge in [0.2, 0.25) is 0 Å². The van der Waals surface area contributed by atoms with Crippen molar-refractivity contribution < 1.29 is 0 Å². The monoisotopic (exact) mass is 547 g/mol. The zero-order valence-corrected chi connectivity index (χ0v) is 24.6. The van der Waals surface area contributed by atoms with Crippen LogP contribution in [0.25, 0.3) is 0 Å². The summed E-state index contributed by atoms with van der Waals surface area (Å²) in [6, 6.07) is 27.1. The van der Waals surface area contributed by atoms with Crippen molar-refractivity contribution in [2.24, 2.45) is 11.8 Å². The van der Waals surface area contributed by atoms with E-state index in [9.17, 15) is 0 Å². The predicted octanol–water partition coefficient (Wildman–Crippen LogP) is 11.4. The molecule has 36 heavy (non-hydrogen) atoms. The maximum Gasteiger partial charge on any atom is 0.0462 e. The van der Waals surface area contributed by atoms with Gasteiger partial charge in [-0.2, -0.15) is 0 Å². The minimum Gasteiger partial charge on any atom is -0.311 e. The van der Waals surface area contributed by atoms with Crippen molar-refractivity contribution in [3.8, 4) is 0 Å². The van der Waals surface area contributed by atoms with Crippen LogP contribution in [-0.4, -0.2) is 0 Å². The van der Waals surface area contributed by atoms with Crippen LogP contribution in [0.1, 0.15) is 90.2 Å². The second kappa shape index (κ2) is 15.3. The summed E-state index contributed by atoms with van der Waals surface area (Å²) in [5, 5.41) is 0. The van der Waals surface area contributed by atoms with Gasteiger partial charge in [-0.15, -0.1) is 0 Å². The highest BCUT2D eigenvalue weighted by Gasteiger charge is 2.14. The third-order valence-electron chi connectivity index (χ3n) is 7.24. The number of hydrogen-bond donors (Lipinski definition) is 0. The van der Waals surface area contributed by atoms with E-state index in [-0.39, 0.29) is 0 Å². The molecule has 3 aromatic rings. The highest BCUT2D eigenvalue weighted by molar-refractivity contribution is 9.10. The number of anilines is 3. The highest BCUT2D eigenvalue weighted by Crippen LogP contribution is 2.35. The molecule has 0 saturated carbocycles. The second-order valence-corrected chi connectivity index (χ2v) is 11.7. The van der Waals surface area contributed by atoms with Gasteiger partial charge in [-0.1, -0.05) is 119 Å².